The van der Waals surface area contributed by atoms with Crippen molar-refractivity contribution in [1.29, 1.82) is 0 Å². The largest absolute Gasteiger partial charge is 0.468 e. The zero-order valence-corrected chi connectivity index (χ0v) is 11.1. The molecule has 100 valence electrons. The van der Waals surface area contributed by atoms with Crippen molar-refractivity contribution in [2.75, 3.05) is 24.2 Å². The summed E-state index contributed by atoms with van der Waals surface area (Å²) in [5.41, 5.74) is 6.12. The minimum Gasteiger partial charge on any atom is -0.468 e. The molecule has 8 heteroatoms. The highest BCUT2D eigenvalue weighted by molar-refractivity contribution is 7.94. The van der Waals surface area contributed by atoms with Crippen LogP contribution >= 0.6 is 0 Å². The van der Waals surface area contributed by atoms with E-state index in [1.807, 2.05) is 0 Å². The zero-order valence-electron chi connectivity index (χ0n) is 10.3. The van der Waals surface area contributed by atoms with Crippen molar-refractivity contribution in [3.63, 3.8) is 0 Å². The molecule has 0 saturated heterocycles. The van der Waals surface area contributed by atoms with E-state index >= 15 is 0 Å². The van der Waals surface area contributed by atoms with Gasteiger partial charge in [0, 0.05) is 13.2 Å². The van der Waals surface area contributed by atoms with Gasteiger partial charge in [0.05, 0.1) is 24.7 Å². The summed E-state index contributed by atoms with van der Waals surface area (Å²) in [7, 11) is -1.42. The summed E-state index contributed by atoms with van der Waals surface area (Å²) in [5, 5.41) is -1.31. The van der Waals surface area contributed by atoms with Crippen molar-refractivity contribution < 1.29 is 17.9 Å². The molecule has 18 heavy (non-hydrogen) atoms. The lowest BCUT2D eigenvalue weighted by Gasteiger charge is -2.23. The summed E-state index contributed by atoms with van der Waals surface area (Å²) < 4.78 is 29.6. The summed E-state index contributed by atoms with van der Waals surface area (Å²) in [4.78, 5) is 15.1. The van der Waals surface area contributed by atoms with Crippen LogP contribution in [0, 0.1) is 0 Å². The number of rotatable bonds is 4. The van der Waals surface area contributed by atoms with Gasteiger partial charge in [-0.2, -0.15) is 0 Å². The molecule has 1 unspecified atom stereocenters. The van der Waals surface area contributed by atoms with Gasteiger partial charge in [-0.1, -0.05) is 0 Å². The average Bonchev–Trinajstić information content (AvgIpc) is 2.36. The van der Waals surface area contributed by atoms with Crippen LogP contribution in [0.5, 0.6) is 0 Å². The fraction of sp³-hybridized carbons (Fsp3) is 0.400. The number of hydrogen-bond donors (Lipinski definition) is 1. The van der Waals surface area contributed by atoms with Gasteiger partial charge in [-0.05, 0) is 13.0 Å². The molecular weight excluding hydrogens is 258 g/mol. The molecule has 1 aromatic heterocycles. The van der Waals surface area contributed by atoms with Crippen LogP contribution in [0.1, 0.15) is 6.92 Å². The number of carbonyl (C=O) groups is 1. The Morgan fingerprint density at radius 3 is 2.67 bits per heavy atom. The second kappa shape index (κ2) is 5.21. The predicted molar refractivity (Wildman–Crippen MR) is 67.5 cm³/mol. The number of aromatic nitrogens is 1. The summed E-state index contributed by atoms with van der Waals surface area (Å²) in [6, 6.07) is 1.46. The van der Waals surface area contributed by atoms with Crippen molar-refractivity contribution in [2.45, 2.75) is 12.2 Å². The fourth-order valence-electron chi connectivity index (χ4n) is 1.35. The number of nitrogens with two attached hydrogens (primary N) is 1. The Morgan fingerprint density at radius 1 is 1.56 bits per heavy atom. The summed E-state index contributed by atoms with van der Waals surface area (Å²) >= 11 is 0. The number of methoxy groups -OCH3 is 1. The lowest BCUT2D eigenvalue weighted by Crippen LogP contribution is -2.39. The first-order chi connectivity index (χ1) is 8.32. The van der Waals surface area contributed by atoms with Gasteiger partial charge in [0.15, 0.2) is 5.25 Å². The van der Waals surface area contributed by atoms with E-state index < -0.39 is 21.2 Å². The van der Waals surface area contributed by atoms with Gasteiger partial charge < -0.3 is 10.5 Å². The van der Waals surface area contributed by atoms with Crippen molar-refractivity contribution in [1.82, 2.24) is 4.98 Å². The molecule has 0 aliphatic carbocycles. The molecule has 1 aromatic rings. The number of esters is 1. The van der Waals surface area contributed by atoms with E-state index in [9.17, 15) is 13.2 Å². The topological polar surface area (TPSA) is 103 Å². The van der Waals surface area contributed by atoms with Crippen LogP contribution < -0.4 is 10.0 Å². The van der Waals surface area contributed by atoms with Crippen LogP contribution in [-0.4, -0.2) is 38.8 Å². The van der Waals surface area contributed by atoms with Crippen LogP contribution in [0.3, 0.4) is 0 Å². The molecule has 0 saturated carbocycles. The number of nitrogens with zero attached hydrogens (tertiary/aromatic N) is 2. The molecule has 0 aliphatic heterocycles. The van der Waals surface area contributed by atoms with E-state index in [1.54, 1.807) is 0 Å². The van der Waals surface area contributed by atoms with Crippen LogP contribution in [0.25, 0.3) is 0 Å². The van der Waals surface area contributed by atoms with Crippen molar-refractivity contribution in [3.05, 3.63) is 18.5 Å². The average molecular weight is 273 g/mol. The van der Waals surface area contributed by atoms with Crippen LogP contribution in [-0.2, 0) is 19.6 Å². The minimum atomic E-state index is -3.87. The maximum Gasteiger partial charge on any atom is 0.325 e. The lowest BCUT2D eigenvalue weighted by atomic mass is 10.3. The maximum absolute atomic E-state index is 12.1. The standard InChI is InChI=1S/C10H15N3O4S/c1-7(10(14)17-3)18(15,16)13(2)9-4-5-12-6-8(9)11/h4-7H,11H2,1-3H3. The SMILES string of the molecule is COC(=O)C(C)S(=O)(=O)N(C)c1ccncc1N. The van der Waals surface area contributed by atoms with Gasteiger partial charge in [0.1, 0.15) is 0 Å². The molecule has 0 radical (unpaired) electrons. The third-order valence-electron chi connectivity index (χ3n) is 2.53. The highest BCUT2D eigenvalue weighted by Crippen LogP contribution is 2.24. The Bertz CT molecular complexity index is 544. The number of sulfonamides is 1. The zero-order chi connectivity index (χ0) is 13.9. The molecule has 0 aromatic carbocycles. The highest BCUT2D eigenvalue weighted by atomic mass is 32.2. The van der Waals surface area contributed by atoms with Crippen LogP contribution in [0.4, 0.5) is 11.4 Å². The molecule has 7 nitrogen and oxygen atoms in total. The highest BCUT2D eigenvalue weighted by Gasteiger charge is 2.33. The maximum atomic E-state index is 12.1. The van der Waals surface area contributed by atoms with Crippen LogP contribution in [0.15, 0.2) is 18.5 Å². The number of pyridine rings is 1. The Hall–Kier alpha value is -1.83. The van der Waals surface area contributed by atoms with E-state index in [1.165, 1.54) is 32.4 Å². The number of hydrogen-bond acceptors (Lipinski definition) is 6. The summed E-state index contributed by atoms with van der Waals surface area (Å²) in [5.74, 6) is -0.825. The first-order valence-corrected chi connectivity index (χ1v) is 6.57. The Morgan fingerprint density at radius 2 is 2.17 bits per heavy atom. The van der Waals surface area contributed by atoms with Gasteiger partial charge in [-0.3, -0.25) is 14.1 Å². The minimum absolute atomic E-state index is 0.209. The molecule has 1 rings (SSSR count). The predicted octanol–water partition coefficient (Wildman–Crippen LogP) is -0.00870. The monoisotopic (exact) mass is 273 g/mol. The van der Waals surface area contributed by atoms with Crippen molar-refractivity contribution in [3.8, 4) is 0 Å². The second-order valence-electron chi connectivity index (χ2n) is 3.61. The molecule has 0 amide bonds. The van der Waals surface area contributed by atoms with Gasteiger partial charge in [-0.15, -0.1) is 0 Å². The van der Waals surface area contributed by atoms with Gasteiger partial charge in [-0.25, -0.2) is 8.42 Å². The second-order valence-corrected chi connectivity index (χ2v) is 5.90. The van der Waals surface area contributed by atoms with Crippen LogP contribution in [0.2, 0.25) is 0 Å². The first-order valence-electron chi connectivity index (χ1n) is 5.07. The molecule has 0 spiro atoms. The quantitative estimate of drug-likeness (QED) is 0.774. The third kappa shape index (κ3) is 2.53. The molecule has 1 atom stereocenters. The van der Waals surface area contributed by atoms with Gasteiger partial charge >= 0.3 is 5.97 Å². The number of nitrogen functional groups attached to an aromatic ring is 1. The van der Waals surface area contributed by atoms with E-state index in [0.717, 1.165) is 11.4 Å². The molecule has 0 bridgehead atoms. The Kier molecular flexibility index (Phi) is 4.12. The smallest absolute Gasteiger partial charge is 0.325 e. The number of anilines is 2. The Labute approximate surface area is 106 Å². The molecule has 0 fully saturated rings. The van der Waals surface area contributed by atoms with Gasteiger partial charge in [0.25, 0.3) is 0 Å². The van der Waals surface area contributed by atoms with Gasteiger partial charge in [0.2, 0.25) is 10.0 Å². The molecular formula is C10H15N3O4S. The van der Waals surface area contributed by atoms with Crippen molar-refractivity contribution >= 4 is 27.4 Å². The van der Waals surface area contributed by atoms with E-state index in [4.69, 9.17) is 5.73 Å². The Balaban J connectivity index is 3.14. The summed E-state index contributed by atoms with van der Waals surface area (Å²) in [6.45, 7) is 1.26. The third-order valence-corrected chi connectivity index (χ3v) is 4.57. The molecule has 1 heterocycles. The number of ether oxygens (including phenoxy) is 1. The van der Waals surface area contributed by atoms with E-state index in [2.05, 4.69) is 9.72 Å². The normalized spacial score (nSPS) is 12.8. The number of carbonyl (C=O) groups excluding carboxylic acids is 1. The lowest BCUT2D eigenvalue weighted by molar-refractivity contribution is -0.139. The fourth-order valence-corrected chi connectivity index (χ4v) is 2.60. The van der Waals surface area contributed by atoms with E-state index in [-0.39, 0.29) is 11.4 Å². The molecule has 2 N–H and O–H groups in total. The summed E-state index contributed by atoms with van der Waals surface area (Å²) in [6.07, 6.45) is 2.75. The first kappa shape index (κ1) is 14.2. The molecule has 0 aliphatic rings. The van der Waals surface area contributed by atoms with Crippen molar-refractivity contribution in [2.24, 2.45) is 0 Å². The van der Waals surface area contributed by atoms with E-state index in [0.29, 0.717) is 0 Å².